The van der Waals surface area contributed by atoms with Gasteiger partial charge in [0.1, 0.15) is 11.5 Å². The van der Waals surface area contributed by atoms with E-state index in [9.17, 15) is 0 Å². The van der Waals surface area contributed by atoms with Gasteiger partial charge in [-0.05, 0) is 71.4 Å². The highest BCUT2D eigenvalue weighted by molar-refractivity contribution is 6.25. The SMILES string of the molecule is c1ccc(-n2c3cc4c(cc3c3c5ccccc5ccc32)c2ccccc2n4-c2nc3c4c(cccc4n2)Oc2ccccc2-3)cc1. The first kappa shape index (κ1) is 24.8. The number of rotatable bonds is 2. The molecule has 0 saturated carbocycles. The molecule has 7 aromatic carbocycles. The number of para-hydroxylation sites is 3. The lowest BCUT2D eigenvalue weighted by Gasteiger charge is -2.21. The Balaban J connectivity index is 1.31. The largest absolute Gasteiger partial charge is 0.456 e. The van der Waals surface area contributed by atoms with Gasteiger partial charge in [0, 0.05) is 32.8 Å². The molecule has 0 N–H and O–H groups in total. The van der Waals surface area contributed by atoms with Crippen LogP contribution >= 0.6 is 0 Å². The summed E-state index contributed by atoms with van der Waals surface area (Å²) in [5.41, 5.74) is 8.29. The third kappa shape index (κ3) is 3.32. The Kier molecular flexibility index (Phi) is 4.78. The van der Waals surface area contributed by atoms with Gasteiger partial charge in [-0.2, -0.15) is 0 Å². The zero-order chi connectivity index (χ0) is 30.6. The molecule has 0 amide bonds. The fraction of sp³-hybridized carbons (Fsp3) is 0. The molecule has 0 fully saturated rings. The highest BCUT2D eigenvalue weighted by atomic mass is 16.5. The molecule has 0 radical (unpaired) electrons. The first-order valence-electron chi connectivity index (χ1n) is 15.8. The molecule has 0 aliphatic carbocycles. The average molecular weight is 601 g/mol. The predicted molar refractivity (Wildman–Crippen MR) is 191 cm³/mol. The van der Waals surface area contributed by atoms with Gasteiger partial charge in [-0.1, -0.05) is 84.9 Å². The smallest absolute Gasteiger partial charge is 0.235 e. The molecular formula is C42H24N4O. The summed E-state index contributed by atoms with van der Waals surface area (Å²) < 4.78 is 10.9. The maximum absolute atomic E-state index is 6.29. The molecule has 0 saturated heterocycles. The lowest BCUT2D eigenvalue weighted by molar-refractivity contribution is 0.486. The summed E-state index contributed by atoms with van der Waals surface area (Å²) in [5, 5.41) is 8.24. The third-order valence-corrected chi connectivity index (χ3v) is 9.70. The van der Waals surface area contributed by atoms with Crippen molar-refractivity contribution in [3.63, 3.8) is 0 Å². The molecule has 0 spiro atoms. The van der Waals surface area contributed by atoms with Gasteiger partial charge in [-0.15, -0.1) is 0 Å². The minimum atomic E-state index is 0.639. The Labute approximate surface area is 268 Å². The van der Waals surface area contributed by atoms with Gasteiger partial charge >= 0.3 is 0 Å². The number of ether oxygens (including phenoxy) is 1. The minimum Gasteiger partial charge on any atom is -0.456 e. The number of fused-ring (bicyclic) bond motifs is 10. The zero-order valence-electron chi connectivity index (χ0n) is 25.1. The van der Waals surface area contributed by atoms with E-state index in [0.717, 1.165) is 55.9 Å². The normalized spacial score (nSPS) is 12.4. The fourth-order valence-corrected chi connectivity index (χ4v) is 7.71. The van der Waals surface area contributed by atoms with E-state index < -0.39 is 0 Å². The van der Waals surface area contributed by atoms with E-state index in [4.69, 9.17) is 14.7 Å². The molecule has 47 heavy (non-hydrogen) atoms. The van der Waals surface area contributed by atoms with Crippen LogP contribution < -0.4 is 4.74 Å². The highest BCUT2D eigenvalue weighted by Gasteiger charge is 2.25. The molecule has 218 valence electrons. The molecular weight excluding hydrogens is 576 g/mol. The standard InChI is InChI=1S/C42H24N4O/c1-2-12-26(13-3-1)45-34-22-21-25-11-4-5-14-27(25)39(34)31-23-30-28-15-6-8-18-33(28)46(35(30)24-36(31)45)42-43-32-17-10-20-38-40(32)41(44-42)29-16-7-9-19-37(29)47-38/h1-24H. The first-order valence-corrected chi connectivity index (χ1v) is 15.8. The second kappa shape index (κ2) is 9.05. The Morgan fingerprint density at radius 2 is 1.21 bits per heavy atom. The fourth-order valence-electron chi connectivity index (χ4n) is 7.71. The molecule has 11 rings (SSSR count). The molecule has 0 bridgehead atoms. The van der Waals surface area contributed by atoms with Crippen molar-refractivity contribution in [3.05, 3.63) is 146 Å². The van der Waals surface area contributed by atoms with Crippen molar-refractivity contribution in [3.8, 4) is 34.4 Å². The second-order valence-corrected chi connectivity index (χ2v) is 12.2. The third-order valence-electron chi connectivity index (χ3n) is 9.70. The molecule has 1 aliphatic rings. The van der Waals surface area contributed by atoms with Gasteiger partial charge in [0.15, 0.2) is 0 Å². The van der Waals surface area contributed by atoms with Crippen molar-refractivity contribution < 1.29 is 4.74 Å². The molecule has 1 aliphatic heterocycles. The lowest BCUT2D eigenvalue weighted by atomic mass is 10.0. The van der Waals surface area contributed by atoms with E-state index in [2.05, 4.69) is 124 Å². The summed E-state index contributed by atoms with van der Waals surface area (Å²) >= 11 is 0. The highest BCUT2D eigenvalue weighted by Crippen LogP contribution is 2.46. The second-order valence-electron chi connectivity index (χ2n) is 12.2. The molecule has 3 aromatic heterocycles. The van der Waals surface area contributed by atoms with Gasteiger partial charge < -0.3 is 9.30 Å². The summed E-state index contributed by atoms with van der Waals surface area (Å²) in [7, 11) is 0. The number of aromatic nitrogens is 4. The van der Waals surface area contributed by atoms with Gasteiger partial charge in [-0.25, -0.2) is 9.97 Å². The summed E-state index contributed by atoms with van der Waals surface area (Å²) in [6.07, 6.45) is 0. The van der Waals surface area contributed by atoms with Crippen LogP contribution in [0.5, 0.6) is 11.5 Å². The van der Waals surface area contributed by atoms with Crippen LogP contribution in [0.2, 0.25) is 0 Å². The predicted octanol–water partition coefficient (Wildman–Crippen LogP) is 10.7. The lowest BCUT2D eigenvalue weighted by Crippen LogP contribution is -2.06. The van der Waals surface area contributed by atoms with E-state index in [-0.39, 0.29) is 0 Å². The van der Waals surface area contributed by atoms with Crippen LogP contribution in [0.4, 0.5) is 0 Å². The summed E-state index contributed by atoms with van der Waals surface area (Å²) in [6, 6.07) is 51.3. The molecule has 0 atom stereocenters. The number of benzene rings is 7. The van der Waals surface area contributed by atoms with Gasteiger partial charge in [-0.3, -0.25) is 4.57 Å². The van der Waals surface area contributed by atoms with E-state index in [0.29, 0.717) is 5.95 Å². The van der Waals surface area contributed by atoms with Crippen LogP contribution in [0.15, 0.2) is 146 Å². The Hall–Kier alpha value is -6.46. The monoisotopic (exact) mass is 600 g/mol. The first-order chi connectivity index (χ1) is 23.3. The summed E-state index contributed by atoms with van der Waals surface area (Å²) in [4.78, 5) is 10.5. The van der Waals surface area contributed by atoms with Gasteiger partial charge in [0.25, 0.3) is 0 Å². The van der Waals surface area contributed by atoms with Crippen LogP contribution in [0.1, 0.15) is 0 Å². The van der Waals surface area contributed by atoms with Crippen LogP contribution in [0.25, 0.3) is 88.2 Å². The Morgan fingerprint density at radius 3 is 2.15 bits per heavy atom. The van der Waals surface area contributed by atoms with E-state index in [1.807, 2.05) is 30.3 Å². The topological polar surface area (TPSA) is 44.9 Å². The zero-order valence-corrected chi connectivity index (χ0v) is 25.1. The quantitative estimate of drug-likeness (QED) is 0.198. The van der Waals surface area contributed by atoms with E-state index >= 15 is 0 Å². The summed E-state index contributed by atoms with van der Waals surface area (Å²) in [6.45, 7) is 0. The number of hydrogen-bond acceptors (Lipinski definition) is 3. The Bertz CT molecular complexity index is 2940. The number of nitrogens with zero attached hydrogens (tertiary/aromatic N) is 4. The molecule has 0 unspecified atom stereocenters. The van der Waals surface area contributed by atoms with Gasteiger partial charge in [0.05, 0.1) is 38.7 Å². The maximum atomic E-state index is 6.29. The van der Waals surface area contributed by atoms with E-state index in [1.165, 1.54) is 37.8 Å². The minimum absolute atomic E-state index is 0.639. The van der Waals surface area contributed by atoms with Crippen molar-refractivity contribution >= 4 is 65.3 Å². The van der Waals surface area contributed by atoms with Crippen molar-refractivity contribution in [1.29, 1.82) is 0 Å². The number of hydrogen-bond donors (Lipinski definition) is 0. The van der Waals surface area contributed by atoms with Crippen LogP contribution in [-0.2, 0) is 0 Å². The van der Waals surface area contributed by atoms with Crippen molar-refractivity contribution in [2.75, 3.05) is 0 Å². The summed E-state index contributed by atoms with van der Waals surface area (Å²) in [5.74, 6) is 2.23. The van der Waals surface area contributed by atoms with Crippen molar-refractivity contribution in [2.24, 2.45) is 0 Å². The van der Waals surface area contributed by atoms with E-state index in [1.54, 1.807) is 0 Å². The molecule has 5 nitrogen and oxygen atoms in total. The van der Waals surface area contributed by atoms with Crippen molar-refractivity contribution in [1.82, 2.24) is 19.1 Å². The average Bonchev–Trinajstić information content (AvgIpc) is 3.63. The van der Waals surface area contributed by atoms with Gasteiger partial charge in [0.2, 0.25) is 5.95 Å². The van der Waals surface area contributed by atoms with Crippen LogP contribution in [0, 0.1) is 0 Å². The Morgan fingerprint density at radius 1 is 0.447 bits per heavy atom. The maximum Gasteiger partial charge on any atom is 0.235 e. The molecule has 5 heteroatoms. The van der Waals surface area contributed by atoms with Crippen LogP contribution in [-0.4, -0.2) is 19.1 Å². The molecule has 4 heterocycles. The van der Waals surface area contributed by atoms with Crippen LogP contribution in [0.3, 0.4) is 0 Å². The van der Waals surface area contributed by atoms with Crippen molar-refractivity contribution in [2.45, 2.75) is 0 Å². The molecule has 10 aromatic rings.